The van der Waals surface area contributed by atoms with Gasteiger partial charge in [0.1, 0.15) is 0 Å². The zero-order chi connectivity index (χ0) is 17.9. The van der Waals surface area contributed by atoms with Crippen molar-refractivity contribution in [1.29, 1.82) is 0 Å². The fourth-order valence-electron chi connectivity index (χ4n) is 2.70. The summed E-state index contributed by atoms with van der Waals surface area (Å²) in [7, 11) is 3.73. The zero-order valence-electron chi connectivity index (χ0n) is 15.8. The monoisotopic (exact) mass is 404 g/mol. The number of hydrogen-bond donors (Lipinski definition) is 2. The molecule has 2 amide bonds. The van der Waals surface area contributed by atoms with Crippen LogP contribution in [0, 0.1) is 5.92 Å². The van der Waals surface area contributed by atoms with Crippen molar-refractivity contribution in [3.05, 3.63) is 23.8 Å². The maximum atomic E-state index is 12.6. The second kappa shape index (κ2) is 10.6. The quantitative estimate of drug-likeness (QED) is 0.790. The number of nitrogens with one attached hydrogen (secondary N) is 1. The molecule has 1 unspecified atom stereocenters. The molecule has 1 aliphatic rings. The Hall–Kier alpha value is -1.50. The molecule has 0 spiro atoms. The molecule has 1 aliphatic heterocycles. The van der Waals surface area contributed by atoms with Gasteiger partial charge in [-0.25, -0.2) is 0 Å². The Morgan fingerprint density at radius 2 is 2.00 bits per heavy atom. The second-order valence-corrected chi connectivity index (χ2v) is 6.87. The highest BCUT2D eigenvalue weighted by Crippen LogP contribution is 2.29. The van der Waals surface area contributed by atoms with Crippen LogP contribution in [0.4, 0.5) is 11.4 Å². The highest BCUT2D eigenvalue weighted by atomic mass is 35.5. The minimum atomic E-state index is -0.0603. The maximum Gasteiger partial charge on any atom is 0.253 e. The van der Waals surface area contributed by atoms with E-state index in [0.717, 1.165) is 12.1 Å². The van der Waals surface area contributed by atoms with Crippen LogP contribution in [-0.2, 0) is 4.79 Å². The highest BCUT2D eigenvalue weighted by molar-refractivity contribution is 6.00. The number of anilines is 2. The molecule has 6 nitrogen and oxygen atoms in total. The van der Waals surface area contributed by atoms with E-state index in [-0.39, 0.29) is 42.7 Å². The lowest BCUT2D eigenvalue weighted by Crippen LogP contribution is -2.34. The number of hydrogen-bond acceptors (Lipinski definition) is 4. The van der Waals surface area contributed by atoms with Crippen LogP contribution in [0.2, 0.25) is 0 Å². The van der Waals surface area contributed by atoms with Crippen LogP contribution in [0.15, 0.2) is 18.2 Å². The van der Waals surface area contributed by atoms with Gasteiger partial charge in [0.25, 0.3) is 5.91 Å². The predicted octanol–water partition coefficient (Wildman–Crippen LogP) is 2.75. The Labute approximate surface area is 168 Å². The maximum absolute atomic E-state index is 12.6. The molecule has 0 radical (unpaired) electrons. The first-order valence-corrected chi connectivity index (χ1v) is 8.45. The highest BCUT2D eigenvalue weighted by Gasteiger charge is 2.20. The first kappa shape index (κ1) is 24.5. The van der Waals surface area contributed by atoms with E-state index in [4.69, 9.17) is 5.73 Å². The number of amides is 2. The third kappa shape index (κ3) is 6.04. The molecule has 3 N–H and O–H groups in total. The summed E-state index contributed by atoms with van der Waals surface area (Å²) in [6, 6.07) is 5.55. The van der Waals surface area contributed by atoms with Crippen molar-refractivity contribution in [2.45, 2.75) is 32.7 Å². The second-order valence-electron chi connectivity index (χ2n) is 6.87. The van der Waals surface area contributed by atoms with Crippen LogP contribution in [0.5, 0.6) is 0 Å². The van der Waals surface area contributed by atoms with Gasteiger partial charge in [0.2, 0.25) is 5.91 Å². The van der Waals surface area contributed by atoms with E-state index in [1.54, 1.807) is 18.0 Å². The molecule has 1 aromatic carbocycles. The van der Waals surface area contributed by atoms with Crippen LogP contribution >= 0.6 is 24.8 Å². The SMILES string of the molecule is CC(C)C(N)CCN(C)C(=O)c1ccc2c(c1)NC(=O)CCN2C.Cl.Cl. The van der Waals surface area contributed by atoms with E-state index >= 15 is 0 Å². The van der Waals surface area contributed by atoms with Crippen molar-refractivity contribution in [3.8, 4) is 0 Å². The van der Waals surface area contributed by atoms with Crippen molar-refractivity contribution in [2.75, 3.05) is 37.4 Å². The molecule has 0 aromatic heterocycles. The summed E-state index contributed by atoms with van der Waals surface area (Å²) in [6.45, 7) is 5.44. The number of rotatable bonds is 5. The third-order valence-electron chi connectivity index (χ3n) is 4.60. The standard InChI is InChI=1S/C18H28N4O2.2ClH/c1-12(2)14(19)7-9-22(4)18(24)13-5-6-16-15(11-13)20-17(23)8-10-21(16)3;;/h5-6,11-12,14H,7-10,19H2,1-4H3,(H,20,23);2*1H. The van der Waals surface area contributed by atoms with Gasteiger partial charge < -0.3 is 20.9 Å². The van der Waals surface area contributed by atoms with Crippen LogP contribution in [-0.4, -0.2) is 49.9 Å². The minimum absolute atomic E-state index is 0. The summed E-state index contributed by atoms with van der Waals surface area (Å²) in [5, 5.41) is 2.88. The van der Waals surface area contributed by atoms with Crippen molar-refractivity contribution in [2.24, 2.45) is 11.7 Å². The summed E-state index contributed by atoms with van der Waals surface area (Å²) < 4.78 is 0. The topological polar surface area (TPSA) is 78.7 Å². The summed E-state index contributed by atoms with van der Waals surface area (Å²) in [5.74, 6) is 0.308. The molecule has 0 saturated carbocycles. The van der Waals surface area contributed by atoms with Gasteiger partial charge in [0, 0.05) is 45.2 Å². The predicted molar refractivity (Wildman–Crippen MR) is 112 cm³/mol. The van der Waals surface area contributed by atoms with Crippen LogP contribution in [0.1, 0.15) is 37.0 Å². The Morgan fingerprint density at radius 3 is 2.62 bits per heavy atom. The smallest absolute Gasteiger partial charge is 0.253 e. The molecule has 8 heteroatoms. The van der Waals surface area contributed by atoms with E-state index < -0.39 is 0 Å². The molecular weight excluding hydrogens is 375 g/mol. The number of nitrogens with zero attached hydrogens (tertiary/aromatic N) is 2. The van der Waals surface area contributed by atoms with E-state index in [1.807, 2.05) is 24.1 Å². The van der Waals surface area contributed by atoms with E-state index in [0.29, 0.717) is 36.7 Å². The zero-order valence-corrected chi connectivity index (χ0v) is 17.5. The molecule has 1 aromatic rings. The molecular formula is C18H30Cl2N4O2. The lowest BCUT2D eigenvalue weighted by molar-refractivity contribution is -0.115. The number of halogens is 2. The van der Waals surface area contributed by atoms with Gasteiger partial charge >= 0.3 is 0 Å². The van der Waals surface area contributed by atoms with Crippen molar-refractivity contribution < 1.29 is 9.59 Å². The van der Waals surface area contributed by atoms with E-state index in [9.17, 15) is 9.59 Å². The minimum Gasteiger partial charge on any atom is -0.372 e. The van der Waals surface area contributed by atoms with Gasteiger partial charge in [-0.2, -0.15) is 0 Å². The molecule has 0 fully saturated rings. The van der Waals surface area contributed by atoms with Gasteiger partial charge in [-0.15, -0.1) is 24.8 Å². The number of carbonyl (C=O) groups is 2. The van der Waals surface area contributed by atoms with Crippen molar-refractivity contribution in [3.63, 3.8) is 0 Å². The van der Waals surface area contributed by atoms with E-state index in [1.165, 1.54) is 0 Å². The number of benzene rings is 1. The van der Waals surface area contributed by atoms with Crippen LogP contribution in [0.25, 0.3) is 0 Å². The molecule has 0 saturated heterocycles. The summed E-state index contributed by atoms with van der Waals surface area (Å²) in [5.41, 5.74) is 8.25. The van der Waals surface area contributed by atoms with Gasteiger partial charge in [-0.3, -0.25) is 9.59 Å². The normalized spacial score (nSPS) is 14.4. The van der Waals surface area contributed by atoms with E-state index in [2.05, 4.69) is 19.2 Å². The Morgan fingerprint density at radius 1 is 1.35 bits per heavy atom. The molecule has 148 valence electrons. The first-order chi connectivity index (χ1) is 11.3. The van der Waals surface area contributed by atoms with Crippen LogP contribution in [0.3, 0.4) is 0 Å². The Kier molecular flexibility index (Phi) is 9.99. The van der Waals surface area contributed by atoms with Gasteiger partial charge in [-0.1, -0.05) is 13.8 Å². The molecule has 1 heterocycles. The third-order valence-corrected chi connectivity index (χ3v) is 4.60. The van der Waals surface area contributed by atoms with Gasteiger partial charge in [0.15, 0.2) is 0 Å². The molecule has 0 aliphatic carbocycles. The van der Waals surface area contributed by atoms with Crippen LogP contribution < -0.4 is 16.0 Å². The Balaban J connectivity index is 0.00000312. The van der Waals surface area contributed by atoms with Gasteiger partial charge in [-0.05, 0) is 30.5 Å². The lowest BCUT2D eigenvalue weighted by Gasteiger charge is -2.23. The molecule has 26 heavy (non-hydrogen) atoms. The fourth-order valence-corrected chi connectivity index (χ4v) is 2.70. The molecule has 0 bridgehead atoms. The number of fused-ring (bicyclic) bond motifs is 1. The average molecular weight is 405 g/mol. The first-order valence-electron chi connectivity index (χ1n) is 8.45. The average Bonchev–Trinajstić information content (AvgIpc) is 2.69. The number of carbonyl (C=O) groups excluding carboxylic acids is 2. The van der Waals surface area contributed by atoms with Crippen molar-refractivity contribution in [1.82, 2.24) is 4.90 Å². The summed E-state index contributed by atoms with van der Waals surface area (Å²) in [4.78, 5) is 28.1. The van der Waals surface area contributed by atoms with Crippen molar-refractivity contribution >= 4 is 48.0 Å². The summed E-state index contributed by atoms with van der Waals surface area (Å²) >= 11 is 0. The molecule has 2 rings (SSSR count). The largest absolute Gasteiger partial charge is 0.372 e. The summed E-state index contributed by atoms with van der Waals surface area (Å²) in [6.07, 6.45) is 1.21. The molecule has 1 atom stereocenters. The Bertz CT molecular complexity index is 625. The number of nitrogens with two attached hydrogens (primary N) is 1. The lowest BCUT2D eigenvalue weighted by atomic mass is 10.0. The fraction of sp³-hybridized carbons (Fsp3) is 0.556. The van der Waals surface area contributed by atoms with Gasteiger partial charge in [0.05, 0.1) is 11.4 Å².